The molecule has 5 rings (SSSR count). The highest BCUT2D eigenvalue weighted by molar-refractivity contribution is 6.10. The molecule has 1 aromatic heterocycles. The van der Waals surface area contributed by atoms with Gasteiger partial charge in [0.25, 0.3) is 0 Å². The molecule has 1 unspecified atom stereocenters. The van der Waals surface area contributed by atoms with Crippen LogP contribution in [-0.2, 0) is 12.7 Å². The molecule has 0 saturated heterocycles. The zero-order valence-corrected chi connectivity index (χ0v) is 22.7. The molecule has 3 N–H and O–H groups in total. The second-order valence-corrected chi connectivity index (χ2v) is 9.88. The molecule has 4 aromatic rings. The van der Waals surface area contributed by atoms with E-state index in [0.29, 0.717) is 0 Å². The third-order valence-electron chi connectivity index (χ3n) is 6.76. The lowest BCUT2D eigenvalue weighted by Gasteiger charge is -2.23. The molecular formula is C32H25F6N5. The van der Waals surface area contributed by atoms with Crippen LogP contribution in [0.5, 0.6) is 0 Å². The minimum absolute atomic E-state index is 0.000431. The van der Waals surface area contributed by atoms with Crippen molar-refractivity contribution in [3.8, 4) is 11.1 Å². The van der Waals surface area contributed by atoms with Gasteiger partial charge in [-0.15, -0.1) is 0 Å². The highest BCUT2D eigenvalue weighted by atomic mass is 19.4. The Kier molecular flexibility index (Phi) is 8.08. The fourth-order valence-electron chi connectivity index (χ4n) is 4.61. The number of pyridine rings is 1. The Morgan fingerprint density at radius 2 is 1.67 bits per heavy atom. The molecule has 0 spiro atoms. The number of halogens is 6. The Morgan fingerprint density at radius 3 is 2.40 bits per heavy atom. The van der Waals surface area contributed by atoms with E-state index < -0.39 is 24.1 Å². The Morgan fingerprint density at radius 1 is 0.907 bits per heavy atom. The first-order chi connectivity index (χ1) is 20.4. The summed E-state index contributed by atoms with van der Waals surface area (Å²) in [6.45, 7) is 1.94. The monoisotopic (exact) mass is 593 g/mol. The van der Waals surface area contributed by atoms with Crippen molar-refractivity contribution in [1.82, 2.24) is 10.3 Å². The van der Waals surface area contributed by atoms with Gasteiger partial charge in [0.05, 0.1) is 12.2 Å². The zero-order valence-electron chi connectivity index (χ0n) is 22.7. The van der Waals surface area contributed by atoms with Crippen LogP contribution >= 0.6 is 0 Å². The van der Waals surface area contributed by atoms with Crippen LogP contribution in [-0.4, -0.2) is 28.9 Å². The number of aryl methyl sites for hydroxylation is 1. The van der Waals surface area contributed by atoms with Crippen LogP contribution in [0.3, 0.4) is 0 Å². The van der Waals surface area contributed by atoms with Gasteiger partial charge < -0.3 is 11.1 Å². The van der Waals surface area contributed by atoms with Crippen molar-refractivity contribution in [2.45, 2.75) is 31.9 Å². The fraction of sp³-hybridized carbons (Fsp3) is 0.156. The van der Waals surface area contributed by atoms with Crippen molar-refractivity contribution in [1.29, 1.82) is 0 Å². The number of allylic oxidation sites excluding steroid dienone is 2. The van der Waals surface area contributed by atoms with Crippen LogP contribution in [0.2, 0.25) is 0 Å². The van der Waals surface area contributed by atoms with Crippen LogP contribution in [0, 0.1) is 6.92 Å². The summed E-state index contributed by atoms with van der Waals surface area (Å²) < 4.78 is 79.9. The topological polar surface area (TPSA) is 75.7 Å². The van der Waals surface area contributed by atoms with Gasteiger partial charge >= 0.3 is 12.4 Å². The van der Waals surface area contributed by atoms with Crippen LogP contribution in [0.1, 0.15) is 22.5 Å². The maximum atomic E-state index is 13.4. The minimum atomic E-state index is -4.73. The van der Waals surface area contributed by atoms with Crippen molar-refractivity contribution in [3.63, 3.8) is 0 Å². The number of aromatic nitrogens is 1. The summed E-state index contributed by atoms with van der Waals surface area (Å²) in [4.78, 5) is 12.2. The number of nitrogens with zero attached hydrogens (tertiary/aromatic N) is 3. The molecular weight excluding hydrogens is 568 g/mol. The number of fused-ring (bicyclic) bond motifs is 1. The highest BCUT2D eigenvalue weighted by Crippen LogP contribution is 2.29. The number of dihydropyridines is 1. The molecule has 1 atom stereocenters. The molecule has 43 heavy (non-hydrogen) atoms. The Labute approximate surface area is 243 Å². The molecule has 1 aliphatic rings. The smallest absolute Gasteiger partial charge is 0.382 e. The van der Waals surface area contributed by atoms with Gasteiger partial charge in [0.1, 0.15) is 23.3 Å². The lowest BCUT2D eigenvalue weighted by molar-refractivity contribution is -0.143. The van der Waals surface area contributed by atoms with Gasteiger partial charge in [-0.2, -0.15) is 26.3 Å². The molecule has 0 bridgehead atoms. The average Bonchev–Trinajstić information content (AvgIpc) is 2.98. The lowest BCUT2D eigenvalue weighted by atomic mass is 9.96. The van der Waals surface area contributed by atoms with E-state index in [1.54, 1.807) is 0 Å². The maximum absolute atomic E-state index is 13.4. The number of nitrogens with one attached hydrogen (secondary N) is 1. The first-order valence-corrected chi connectivity index (χ1v) is 13.1. The number of benzene rings is 3. The van der Waals surface area contributed by atoms with Crippen LogP contribution in [0.15, 0.2) is 113 Å². The number of rotatable bonds is 5. The predicted octanol–water partition coefficient (Wildman–Crippen LogP) is 7.51. The van der Waals surface area contributed by atoms with E-state index in [2.05, 4.69) is 26.4 Å². The van der Waals surface area contributed by atoms with Gasteiger partial charge in [0.2, 0.25) is 0 Å². The molecule has 0 saturated carbocycles. The SMILES string of the molecule is Cc1cc(CN=C(N=C(N)C2=CC=CC(C(F)(F)F)N2)c2cccc(C(F)(F)F)n2)ccc1-c1ccc2ccccc2c1. The molecule has 5 nitrogen and oxygen atoms in total. The fourth-order valence-corrected chi connectivity index (χ4v) is 4.61. The van der Waals surface area contributed by atoms with Crippen molar-refractivity contribution in [2.75, 3.05) is 0 Å². The molecule has 11 heteroatoms. The summed E-state index contributed by atoms with van der Waals surface area (Å²) in [5, 5.41) is 4.46. The molecule has 0 amide bonds. The van der Waals surface area contributed by atoms with Crippen molar-refractivity contribution < 1.29 is 26.3 Å². The van der Waals surface area contributed by atoms with Crippen LogP contribution in [0.25, 0.3) is 21.9 Å². The first kappa shape index (κ1) is 29.6. The summed E-state index contributed by atoms with van der Waals surface area (Å²) in [6, 6.07) is 21.1. The Balaban J connectivity index is 1.47. The number of hydrogen-bond donors (Lipinski definition) is 2. The largest absolute Gasteiger partial charge is 0.433 e. The number of nitrogens with two attached hydrogens (primary N) is 1. The summed E-state index contributed by atoms with van der Waals surface area (Å²) >= 11 is 0. The zero-order chi connectivity index (χ0) is 30.8. The highest BCUT2D eigenvalue weighted by Gasteiger charge is 2.39. The first-order valence-electron chi connectivity index (χ1n) is 13.1. The summed E-state index contributed by atoms with van der Waals surface area (Å²) in [5.41, 5.74) is 8.17. The van der Waals surface area contributed by atoms with Crippen molar-refractivity contribution >= 4 is 22.4 Å². The molecule has 0 fully saturated rings. The summed E-state index contributed by atoms with van der Waals surface area (Å²) in [5.74, 6) is -0.653. The van der Waals surface area contributed by atoms with E-state index in [4.69, 9.17) is 5.73 Å². The summed E-state index contributed by atoms with van der Waals surface area (Å²) in [6.07, 6.45) is -5.96. The Hall–Kier alpha value is -4.93. The number of alkyl halides is 6. The maximum Gasteiger partial charge on any atom is 0.433 e. The van der Waals surface area contributed by atoms with Crippen molar-refractivity contribution in [2.24, 2.45) is 15.7 Å². The van der Waals surface area contributed by atoms with Gasteiger partial charge in [-0.25, -0.2) is 9.98 Å². The lowest BCUT2D eigenvalue weighted by Crippen LogP contribution is -2.44. The summed E-state index contributed by atoms with van der Waals surface area (Å²) in [7, 11) is 0. The Bertz CT molecular complexity index is 1780. The van der Waals surface area contributed by atoms with Crippen LogP contribution in [0.4, 0.5) is 26.3 Å². The second kappa shape index (κ2) is 11.7. The molecule has 3 aromatic carbocycles. The minimum Gasteiger partial charge on any atom is -0.382 e. The predicted molar refractivity (Wildman–Crippen MR) is 155 cm³/mol. The average molecular weight is 594 g/mol. The number of amidine groups is 2. The molecule has 1 aliphatic heterocycles. The van der Waals surface area contributed by atoms with Gasteiger partial charge in [-0.3, -0.25) is 4.99 Å². The third kappa shape index (κ3) is 6.94. The normalized spacial score (nSPS) is 16.3. The second-order valence-electron chi connectivity index (χ2n) is 9.88. The van der Waals surface area contributed by atoms with E-state index in [0.717, 1.165) is 51.2 Å². The molecule has 2 heterocycles. The van der Waals surface area contributed by atoms with Gasteiger partial charge in [-0.05, 0) is 64.2 Å². The van der Waals surface area contributed by atoms with E-state index in [1.165, 1.54) is 18.2 Å². The van der Waals surface area contributed by atoms with E-state index in [1.807, 2.05) is 61.5 Å². The third-order valence-corrected chi connectivity index (χ3v) is 6.76. The van der Waals surface area contributed by atoms with E-state index >= 15 is 0 Å². The van der Waals surface area contributed by atoms with Gasteiger partial charge in [-0.1, -0.05) is 72.8 Å². The van der Waals surface area contributed by atoms with Crippen LogP contribution < -0.4 is 11.1 Å². The van der Waals surface area contributed by atoms with E-state index in [9.17, 15) is 26.3 Å². The molecule has 0 radical (unpaired) electrons. The van der Waals surface area contributed by atoms with Gasteiger partial charge in [0.15, 0.2) is 5.84 Å². The van der Waals surface area contributed by atoms with Gasteiger partial charge in [0, 0.05) is 0 Å². The standard InChI is InChI=1S/C32H25F6N5/c1-19-16-20(12-15-24(19)23-14-13-21-6-2-3-7-22(21)17-23)18-40-30(26-9-5-11-28(42-26)32(36,37)38)43-29(39)25-8-4-10-27(41-25)31(33,34)35/h2-17,27,41H,18H2,1H3,(H2,39,40,43). The van der Waals surface area contributed by atoms with E-state index in [-0.39, 0.29) is 29.6 Å². The molecule has 220 valence electrons. The van der Waals surface area contributed by atoms with Crippen molar-refractivity contribution in [3.05, 3.63) is 125 Å². The number of aliphatic imine (C=N–C) groups is 2. The number of hydrogen-bond acceptors (Lipinski definition) is 3. The quantitative estimate of drug-likeness (QED) is 0.143. The molecule has 0 aliphatic carbocycles.